The number of hydrogen-bond donors (Lipinski definition) is 0. The van der Waals surface area contributed by atoms with Crippen molar-refractivity contribution in [2.24, 2.45) is 0 Å². The molecule has 2 atom stereocenters. The van der Waals surface area contributed by atoms with Crippen molar-refractivity contribution in [2.45, 2.75) is 31.5 Å². The van der Waals surface area contributed by atoms with Gasteiger partial charge in [-0.2, -0.15) is 0 Å². The molecule has 1 aromatic carbocycles. The Morgan fingerprint density at radius 1 is 1.38 bits per heavy atom. The Kier molecular flexibility index (Phi) is 3.57. The molecule has 1 aliphatic rings. The lowest BCUT2D eigenvalue weighted by atomic mass is 10.1. The first-order chi connectivity index (χ1) is 7.79. The molecule has 16 heavy (non-hydrogen) atoms. The largest absolute Gasteiger partial charge is 0.467 e. The van der Waals surface area contributed by atoms with Gasteiger partial charge >= 0.3 is 5.97 Å². The van der Waals surface area contributed by atoms with Crippen molar-refractivity contribution < 1.29 is 14.3 Å². The summed E-state index contributed by atoms with van der Waals surface area (Å²) in [6.45, 7) is 0. The van der Waals surface area contributed by atoms with Crippen molar-refractivity contribution in [3.05, 3.63) is 35.9 Å². The number of carbonyl (C=O) groups excluding carboxylic acids is 1. The maximum absolute atomic E-state index is 11.3. The molecule has 0 aromatic heterocycles. The van der Waals surface area contributed by atoms with Crippen molar-refractivity contribution in [2.75, 3.05) is 7.11 Å². The third-order valence-electron chi connectivity index (χ3n) is 2.88. The summed E-state index contributed by atoms with van der Waals surface area (Å²) < 4.78 is 10.3. The minimum atomic E-state index is -0.362. The van der Waals surface area contributed by atoms with E-state index in [-0.39, 0.29) is 18.2 Å². The summed E-state index contributed by atoms with van der Waals surface area (Å²) in [6, 6.07) is 10.2. The van der Waals surface area contributed by atoms with Gasteiger partial charge in [-0.25, -0.2) is 4.79 Å². The summed E-state index contributed by atoms with van der Waals surface area (Å²) in [5.74, 6) is -0.254. The van der Waals surface area contributed by atoms with Crippen LogP contribution in [0.5, 0.6) is 0 Å². The number of methoxy groups -OCH3 is 1. The Balaban J connectivity index is 1.88. The Morgan fingerprint density at radius 3 is 2.81 bits per heavy atom. The van der Waals surface area contributed by atoms with E-state index in [2.05, 4.69) is 16.9 Å². The molecule has 0 saturated carbocycles. The number of esters is 1. The first-order valence-electron chi connectivity index (χ1n) is 5.57. The van der Waals surface area contributed by atoms with Gasteiger partial charge in [-0.3, -0.25) is 0 Å². The molecule has 3 heteroatoms. The minimum Gasteiger partial charge on any atom is -0.467 e. The van der Waals surface area contributed by atoms with Crippen molar-refractivity contribution in [3.63, 3.8) is 0 Å². The van der Waals surface area contributed by atoms with Gasteiger partial charge in [-0.15, -0.1) is 0 Å². The van der Waals surface area contributed by atoms with E-state index in [4.69, 9.17) is 4.74 Å². The lowest BCUT2D eigenvalue weighted by molar-refractivity contribution is -0.153. The second-order valence-corrected chi connectivity index (χ2v) is 4.04. The quantitative estimate of drug-likeness (QED) is 0.730. The predicted octanol–water partition coefficient (Wildman–Crippen LogP) is 1.95. The van der Waals surface area contributed by atoms with Crippen LogP contribution in [0, 0.1) is 0 Å². The van der Waals surface area contributed by atoms with Gasteiger partial charge in [0.25, 0.3) is 0 Å². The zero-order valence-electron chi connectivity index (χ0n) is 9.39. The molecule has 0 aliphatic carbocycles. The van der Waals surface area contributed by atoms with Crippen LogP contribution >= 0.6 is 0 Å². The molecule has 86 valence electrons. The Hall–Kier alpha value is -1.35. The number of ether oxygens (including phenoxy) is 2. The highest BCUT2D eigenvalue weighted by Gasteiger charge is 2.31. The van der Waals surface area contributed by atoms with E-state index < -0.39 is 0 Å². The van der Waals surface area contributed by atoms with Crippen LogP contribution in [0.4, 0.5) is 0 Å². The second kappa shape index (κ2) is 5.12. The van der Waals surface area contributed by atoms with Gasteiger partial charge in [0.05, 0.1) is 13.2 Å². The van der Waals surface area contributed by atoms with Gasteiger partial charge in [0.2, 0.25) is 0 Å². The van der Waals surface area contributed by atoms with E-state index in [1.807, 2.05) is 18.2 Å². The Bertz CT molecular complexity index is 347. The minimum absolute atomic E-state index is 0.145. The highest BCUT2D eigenvalue weighted by Crippen LogP contribution is 2.23. The molecule has 0 amide bonds. The number of carbonyl (C=O) groups is 1. The molecule has 1 fully saturated rings. The van der Waals surface area contributed by atoms with Crippen LogP contribution in [0.3, 0.4) is 0 Å². The summed E-state index contributed by atoms with van der Waals surface area (Å²) in [6.07, 6.45) is 2.35. The summed E-state index contributed by atoms with van der Waals surface area (Å²) in [5, 5.41) is 0. The zero-order chi connectivity index (χ0) is 11.4. The molecule has 0 bridgehead atoms. The van der Waals surface area contributed by atoms with Crippen LogP contribution in [0.25, 0.3) is 0 Å². The lowest BCUT2D eigenvalue weighted by Gasteiger charge is -2.12. The normalized spacial score (nSPS) is 24.3. The monoisotopic (exact) mass is 220 g/mol. The zero-order valence-corrected chi connectivity index (χ0v) is 9.39. The highest BCUT2D eigenvalue weighted by molar-refractivity contribution is 5.74. The summed E-state index contributed by atoms with van der Waals surface area (Å²) in [7, 11) is 1.40. The van der Waals surface area contributed by atoms with E-state index >= 15 is 0 Å². The smallest absolute Gasteiger partial charge is 0.334 e. The predicted molar refractivity (Wildman–Crippen MR) is 60.1 cm³/mol. The van der Waals surface area contributed by atoms with E-state index in [0.717, 1.165) is 19.3 Å². The lowest BCUT2D eigenvalue weighted by Crippen LogP contribution is -2.23. The van der Waals surface area contributed by atoms with Crippen LogP contribution in [-0.2, 0) is 20.7 Å². The van der Waals surface area contributed by atoms with E-state index in [0.29, 0.717) is 0 Å². The van der Waals surface area contributed by atoms with Crippen LogP contribution < -0.4 is 0 Å². The fraction of sp³-hybridized carbons (Fsp3) is 0.462. The molecule has 1 aliphatic heterocycles. The van der Waals surface area contributed by atoms with Crippen molar-refractivity contribution >= 4 is 5.97 Å². The standard InChI is InChI=1S/C13H16O3/c1-15-13(14)12-8-7-11(16-12)9-10-5-3-2-4-6-10/h2-6,11-12H,7-9H2,1H3. The SMILES string of the molecule is COC(=O)C1CCC(Cc2ccccc2)O1. The van der Waals surface area contributed by atoms with Crippen LogP contribution in [-0.4, -0.2) is 25.3 Å². The first kappa shape index (κ1) is 11.1. The van der Waals surface area contributed by atoms with Crippen molar-refractivity contribution in [1.82, 2.24) is 0 Å². The summed E-state index contributed by atoms with van der Waals surface area (Å²) in [5.41, 5.74) is 1.25. The van der Waals surface area contributed by atoms with Gasteiger partial charge in [0.1, 0.15) is 0 Å². The average Bonchev–Trinajstić information content (AvgIpc) is 2.78. The van der Waals surface area contributed by atoms with Crippen molar-refractivity contribution in [3.8, 4) is 0 Å². The molecule has 3 nitrogen and oxygen atoms in total. The number of rotatable bonds is 3. The van der Waals surface area contributed by atoms with Crippen LogP contribution in [0.15, 0.2) is 30.3 Å². The fourth-order valence-electron chi connectivity index (χ4n) is 2.04. The van der Waals surface area contributed by atoms with Gasteiger partial charge in [0, 0.05) is 0 Å². The van der Waals surface area contributed by atoms with Gasteiger partial charge in [-0.1, -0.05) is 30.3 Å². The summed E-state index contributed by atoms with van der Waals surface area (Å²) >= 11 is 0. The van der Waals surface area contributed by atoms with Crippen molar-refractivity contribution in [1.29, 1.82) is 0 Å². The molecular formula is C13H16O3. The maximum atomic E-state index is 11.3. The molecule has 1 saturated heterocycles. The first-order valence-corrected chi connectivity index (χ1v) is 5.57. The molecule has 1 aromatic rings. The summed E-state index contributed by atoms with van der Waals surface area (Å²) in [4.78, 5) is 11.3. The van der Waals surface area contributed by atoms with E-state index in [1.165, 1.54) is 12.7 Å². The van der Waals surface area contributed by atoms with Crippen LogP contribution in [0.2, 0.25) is 0 Å². The van der Waals surface area contributed by atoms with Crippen LogP contribution in [0.1, 0.15) is 18.4 Å². The molecule has 1 heterocycles. The van der Waals surface area contributed by atoms with Gasteiger partial charge in [-0.05, 0) is 24.8 Å². The molecule has 0 spiro atoms. The average molecular weight is 220 g/mol. The number of benzene rings is 1. The van der Waals surface area contributed by atoms with Gasteiger partial charge in [0.15, 0.2) is 6.10 Å². The molecule has 0 radical (unpaired) electrons. The Morgan fingerprint density at radius 2 is 2.12 bits per heavy atom. The van der Waals surface area contributed by atoms with Gasteiger partial charge < -0.3 is 9.47 Å². The van der Waals surface area contributed by atoms with E-state index in [1.54, 1.807) is 0 Å². The third-order valence-corrected chi connectivity index (χ3v) is 2.88. The Labute approximate surface area is 95.4 Å². The molecule has 2 unspecified atom stereocenters. The molecule has 2 rings (SSSR count). The third kappa shape index (κ3) is 2.61. The van der Waals surface area contributed by atoms with E-state index in [9.17, 15) is 4.79 Å². The fourth-order valence-corrected chi connectivity index (χ4v) is 2.04. The molecule has 0 N–H and O–H groups in total. The second-order valence-electron chi connectivity index (χ2n) is 4.04. The maximum Gasteiger partial charge on any atom is 0.334 e. The molecular weight excluding hydrogens is 204 g/mol. The number of hydrogen-bond acceptors (Lipinski definition) is 3. The topological polar surface area (TPSA) is 35.5 Å². The highest BCUT2D eigenvalue weighted by atomic mass is 16.6.